The summed E-state index contributed by atoms with van der Waals surface area (Å²) in [5.41, 5.74) is 1.15. The van der Waals surface area contributed by atoms with E-state index < -0.39 is 41.5 Å². The van der Waals surface area contributed by atoms with Gasteiger partial charge >= 0.3 is 5.63 Å². The molecule has 0 radical (unpaired) electrons. The van der Waals surface area contributed by atoms with Crippen LogP contribution in [0.2, 0.25) is 0 Å². The van der Waals surface area contributed by atoms with Crippen molar-refractivity contribution >= 4 is 35.0 Å². The number of aryl methyl sites for hydroxylation is 2. The lowest BCUT2D eigenvalue weighted by Crippen LogP contribution is -2.49. The Bertz CT molecular complexity index is 1510. The molecule has 4 amide bonds. The molecule has 3 atom stereocenters. The van der Waals surface area contributed by atoms with Crippen molar-refractivity contribution < 1.29 is 23.6 Å². The molecule has 2 bridgehead atoms. The number of hydrogen-bond donors (Lipinski definition) is 4. The molecule has 1 aromatic carbocycles. The fourth-order valence-corrected chi connectivity index (χ4v) is 6.02. The molecule has 4 rings (SSSR count). The minimum atomic E-state index is -0.906. The second-order valence-electron chi connectivity index (χ2n) is 11.0. The summed E-state index contributed by atoms with van der Waals surface area (Å²) in [6, 6.07) is 8.44. The molecule has 0 aliphatic carbocycles. The maximum Gasteiger partial charge on any atom is 0.336 e. The van der Waals surface area contributed by atoms with Crippen LogP contribution in [-0.4, -0.2) is 47.2 Å². The first-order chi connectivity index (χ1) is 20.5. The standard InChI is InChI=1S/C31H37N5O6S/c1-17(2)26-31-35-23(16-43-31)29(40)34-22(15-20-10-6-5-7-11-20)27(38)32-13-9-8-12-21(28(39)36-26)33-30(41)25-18(3)14-24(37)42-19(25)4/h5-7,10-11,14,16-17,21-22,26H,8-9,12-13,15H2,1-4H3,(H,32,38)(H,33,41)(H,34,40)(H,36,39)/t21-,22+,26+/m0/s1. The fraction of sp³-hybridized carbons (Fsp3) is 0.419. The normalized spacial score (nSPS) is 20.2. The summed E-state index contributed by atoms with van der Waals surface area (Å²) in [5.74, 6) is -1.65. The molecule has 228 valence electrons. The molecular weight excluding hydrogens is 570 g/mol. The molecular formula is C31H37N5O6S. The van der Waals surface area contributed by atoms with E-state index in [2.05, 4.69) is 26.3 Å². The lowest BCUT2D eigenvalue weighted by Gasteiger charge is -2.25. The predicted octanol–water partition coefficient (Wildman–Crippen LogP) is 2.97. The van der Waals surface area contributed by atoms with Gasteiger partial charge in [-0.25, -0.2) is 9.78 Å². The van der Waals surface area contributed by atoms with Gasteiger partial charge in [-0.2, -0.15) is 0 Å². The van der Waals surface area contributed by atoms with Gasteiger partial charge < -0.3 is 25.7 Å². The molecule has 1 aliphatic heterocycles. The highest BCUT2D eigenvalue weighted by atomic mass is 32.1. The number of amides is 4. The molecule has 12 heteroatoms. The third kappa shape index (κ3) is 8.16. The molecule has 0 unspecified atom stereocenters. The average Bonchev–Trinajstić information content (AvgIpc) is 3.44. The number of thiazole rings is 1. The van der Waals surface area contributed by atoms with E-state index in [9.17, 15) is 24.0 Å². The van der Waals surface area contributed by atoms with E-state index in [0.717, 1.165) is 5.56 Å². The molecule has 3 aromatic rings. The van der Waals surface area contributed by atoms with E-state index in [-0.39, 0.29) is 28.8 Å². The molecule has 3 heterocycles. The van der Waals surface area contributed by atoms with Crippen molar-refractivity contribution in [3.8, 4) is 0 Å². The summed E-state index contributed by atoms with van der Waals surface area (Å²) >= 11 is 1.24. The smallest absolute Gasteiger partial charge is 0.336 e. The molecule has 0 saturated heterocycles. The molecule has 43 heavy (non-hydrogen) atoms. The van der Waals surface area contributed by atoms with Crippen LogP contribution in [0.1, 0.15) is 81.9 Å². The van der Waals surface area contributed by atoms with Crippen molar-refractivity contribution in [2.75, 3.05) is 6.54 Å². The molecule has 2 aromatic heterocycles. The van der Waals surface area contributed by atoms with E-state index in [1.807, 2.05) is 44.2 Å². The Morgan fingerprint density at radius 2 is 1.81 bits per heavy atom. The van der Waals surface area contributed by atoms with Crippen LogP contribution >= 0.6 is 11.3 Å². The van der Waals surface area contributed by atoms with Crippen LogP contribution in [0.4, 0.5) is 0 Å². The van der Waals surface area contributed by atoms with Crippen LogP contribution in [0.25, 0.3) is 0 Å². The van der Waals surface area contributed by atoms with Gasteiger partial charge in [-0.1, -0.05) is 44.2 Å². The minimum absolute atomic E-state index is 0.0780. The molecule has 4 N–H and O–H groups in total. The summed E-state index contributed by atoms with van der Waals surface area (Å²) in [5, 5.41) is 13.7. The highest BCUT2D eigenvalue weighted by Gasteiger charge is 2.30. The van der Waals surface area contributed by atoms with Crippen LogP contribution in [0.5, 0.6) is 0 Å². The number of rotatable bonds is 5. The third-order valence-electron chi connectivity index (χ3n) is 7.29. The zero-order chi connectivity index (χ0) is 31.1. The Morgan fingerprint density at radius 3 is 2.51 bits per heavy atom. The summed E-state index contributed by atoms with van der Waals surface area (Å²) in [6.45, 7) is 7.34. The monoisotopic (exact) mass is 607 g/mol. The van der Waals surface area contributed by atoms with E-state index in [4.69, 9.17) is 4.42 Å². The van der Waals surface area contributed by atoms with Gasteiger partial charge in [0.25, 0.3) is 11.8 Å². The van der Waals surface area contributed by atoms with Crippen molar-refractivity contribution in [2.45, 2.75) is 71.5 Å². The van der Waals surface area contributed by atoms with Crippen LogP contribution in [0, 0.1) is 19.8 Å². The Balaban J connectivity index is 1.60. The largest absolute Gasteiger partial charge is 0.427 e. The number of carbonyl (C=O) groups excluding carboxylic acids is 4. The number of fused-ring (bicyclic) bond motifs is 2. The van der Waals surface area contributed by atoms with Crippen molar-refractivity contribution in [2.24, 2.45) is 5.92 Å². The topological polar surface area (TPSA) is 159 Å². The summed E-state index contributed by atoms with van der Waals surface area (Å²) in [6.07, 6.45) is 1.67. The van der Waals surface area contributed by atoms with Gasteiger partial charge in [0, 0.05) is 24.4 Å². The van der Waals surface area contributed by atoms with Gasteiger partial charge in [-0.15, -0.1) is 11.3 Å². The molecule has 0 saturated carbocycles. The summed E-state index contributed by atoms with van der Waals surface area (Å²) in [7, 11) is 0. The van der Waals surface area contributed by atoms with Crippen LogP contribution in [0.3, 0.4) is 0 Å². The van der Waals surface area contributed by atoms with Crippen LogP contribution in [-0.2, 0) is 16.0 Å². The number of aromatic nitrogens is 1. The maximum absolute atomic E-state index is 13.6. The molecule has 1 aliphatic rings. The second-order valence-corrected chi connectivity index (χ2v) is 11.9. The molecule has 11 nitrogen and oxygen atoms in total. The number of hydrogen-bond acceptors (Lipinski definition) is 8. The number of nitrogens with zero attached hydrogens (tertiary/aromatic N) is 1. The van der Waals surface area contributed by atoms with Crippen LogP contribution < -0.4 is 26.9 Å². The first kappa shape index (κ1) is 31.6. The zero-order valence-corrected chi connectivity index (χ0v) is 25.5. The highest BCUT2D eigenvalue weighted by Crippen LogP contribution is 2.26. The van der Waals surface area contributed by atoms with E-state index in [1.165, 1.54) is 24.3 Å². The second kappa shape index (κ2) is 14.2. The van der Waals surface area contributed by atoms with Gasteiger partial charge in [-0.3, -0.25) is 19.2 Å². The van der Waals surface area contributed by atoms with E-state index in [0.29, 0.717) is 42.8 Å². The first-order valence-electron chi connectivity index (χ1n) is 14.3. The maximum atomic E-state index is 13.6. The van der Waals surface area contributed by atoms with Gasteiger partial charge in [0.05, 0.1) is 11.6 Å². The predicted molar refractivity (Wildman–Crippen MR) is 162 cm³/mol. The van der Waals surface area contributed by atoms with Crippen molar-refractivity contribution in [3.05, 3.63) is 85.4 Å². The third-order valence-corrected chi connectivity index (χ3v) is 8.22. The van der Waals surface area contributed by atoms with Crippen molar-refractivity contribution in [1.82, 2.24) is 26.3 Å². The number of carbonyl (C=O) groups is 4. The minimum Gasteiger partial charge on any atom is -0.427 e. The van der Waals surface area contributed by atoms with Gasteiger partial charge in [0.15, 0.2) is 0 Å². The zero-order valence-electron chi connectivity index (χ0n) is 24.7. The molecule has 0 spiro atoms. The van der Waals surface area contributed by atoms with Gasteiger partial charge in [-0.05, 0) is 50.2 Å². The Hall–Kier alpha value is -4.32. The average molecular weight is 608 g/mol. The Labute approximate surface area is 253 Å². The number of benzene rings is 1. The lowest BCUT2D eigenvalue weighted by molar-refractivity contribution is -0.124. The SMILES string of the molecule is Cc1cc(=O)oc(C)c1C(=O)N[C@H]1CCCCNC(=O)[C@@H](Cc2ccccc2)NC(=O)c2csc(n2)[C@@H](C(C)C)NC1=O. The van der Waals surface area contributed by atoms with Gasteiger partial charge in [0.2, 0.25) is 11.8 Å². The Kier molecular flexibility index (Phi) is 10.5. The van der Waals surface area contributed by atoms with E-state index in [1.54, 1.807) is 12.3 Å². The van der Waals surface area contributed by atoms with Crippen molar-refractivity contribution in [1.29, 1.82) is 0 Å². The first-order valence-corrected chi connectivity index (χ1v) is 15.2. The Morgan fingerprint density at radius 1 is 1.07 bits per heavy atom. The molecule has 0 fully saturated rings. The summed E-state index contributed by atoms with van der Waals surface area (Å²) in [4.78, 5) is 69.5. The van der Waals surface area contributed by atoms with Crippen molar-refractivity contribution in [3.63, 3.8) is 0 Å². The van der Waals surface area contributed by atoms with E-state index >= 15 is 0 Å². The highest BCUT2D eigenvalue weighted by molar-refractivity contribution is 7.09. The number of nitrogens with one attached hydrogen (secondary N) is 4. The summed E-state index contributed by atoms with van der Waals surface area (Å²) < 4.78 is 5.12. The van der Waals surface area contributed by atoms with Crippen LogP contribution in [0.15, 0.2) is 51.0 Å². The lowest BCUT2D eigenvalue weighted by atomic mass is 10.0. The van der Waals surface area contributed by atoms with Gasteiger partial charge in [0.1, 0.15) is 28.5 Å². The fourth-order valence-electron chi connectivity index (χ4n) is 5.00. The quantitative estimate of drug-likeness (QED) is 0.347.